The highest BCUT2D eigenvalue weighted by molar-refractivity contribution is 7.98. The van der Waals surface area contributed by atoms with E-state index in [0.29, 0.717) is 40.0 Å². The van der Waals surface area contributed by atoms with Gasteiger partial charge in [-0.05, 0) is 36.6 Å². The maximum atomic E-state index is 12.6. The summed E-state index contributed by atoms with van der Waals surface area (Å²) in [6.07, 6.45) is 3.80. The number of carbonyl (C=O) groups excluding carboxylic acids is 1. The number of H-pyrrole nitrogens is 1. The number of thioether (sulfide) groups is 2. The Morgan fingerprint density at radius 1 is 1.21 bits per heavy atom. The molecule has 2 aromatic carbocycles. The number of anilines is 1. The summed E-state index contributed by atoms with van der Waals surface area (Å²) in [6, 6.07) is 14.9. The van der Waals surface area contributed by atoms with Crippen molar-refractivity contribution >= 4 is 46.0 Å². The number of nitrogens with zero attached hydrogens (tertiary/aromatic N) is 4. The SMILES string of the molecule is C=CCn1c(CC(=O)Nc2cccc(SC)c2)nnc1SCc1nc2ccccc2c(=O)[nH]1. The van der Waals surface area contributed by atoms with E-state index in [1.807, 2.05) is 53.3 Å². The van der Waals surface area contributed by atoms with Crippen molar-refractivity contribution in [1.29, 1.82) is 0 Å². The second-order valence-electron chi connectivity index (χ2n) is 7.07. The van der Waals surface area contributed by atoms with E-state index in [-0.39, 0.29) is 17.9 Å². The Bertz CT molecular complexity index is 1360. The number of hydrogen-bond donors (Lipinski definition) is 2. The average Bonchev–Trinajstić information content (AvgIpc) is 3.19. The fourth-order valence-corrected chi connectivity index (χ4v) is 4.55. The summed E-state index contributed by atoms with van der Waals surface area (Å²) in [5.41, 5.74) is 1.21. The zero-order valence-corrected chi connectivity index (χ0v) is 19.6. The number of para-hydroxylation sites is 1. The van der Waals surface area contributed by atoms with Crippen molar-refractivity contribution in [2.45, 2.75) is 28.8 Å². The Morgan fingerprint density at radius 2 is 2.06 bits per heavy atom. The van der Waals surface area contributed by atoms with E-state index in [0.717, 1.165) is 10.6 Å². The first-order chi connectivity index (χ1) is 16.1. The number of amides is 1. The van der Waals surface area contributed by atoms with Gasteiger partial charge in [-0.15, -0.1) is 28.5 Å². The number of aromatic nitrogens is 5. The standard InChI is InChI=1S/C23H22N6O2S2/c1-3-11-29-20(13-21(30)24-15-7-6-8-16(12-15)32-2)27-28-23(29)33-14-19-25-18-10-5-4-9-17(18)22(31)26-19/h3-10,12H,1,11,13-14H2,2H3,(H,24,30)(H,25,26,31). The normalized spacial score (nSPS) is 10.9. The van der Waals surface area contributed by atoms with Gasteiger partial charge in [0.1, 0.15) is 11.6 Å². The Morgan fingerprint density at radius 3 is 2.88 bits per heavy atom. The minimum atomic E-state index is -0.178. The first kappa shape index (κ1) is 22.8. The monoisotopic (exact) mass is 478 g/mol. The van der Waals surface area contributed by atoms with Crippen LogP contribution in [-0.2, 0) is 23.5 Å². The van der Waals surface area contributed by atoms with E-state index in [1.54, 1.807) is 23.9 Å². The molecule has 0 fully saturated rings. The van der Waals surface area contributed by atoms with Crippen LogP contribution in [0.4, 0.5) is 5.69 Å². The predicted octanol–water partition coefficient (Wildman–Crippen LogP) is 3.90. The van der Waals surface area contributed by atoms with E-state index >= 15 is 0 Å². The van der Waals surface area contributed by atoms with Gasteiger partial charge in [0.05, 0.1) is 23.1 Å². The van der Waals surface area contributed by atoms with Gasteiger partial charge in [-0.2, -0.15) is 0 Å². The predicted molar refractivity (Wildman–Crippen MR) is 133 cm³/mol. The molecule has 2 N–H and O–H groups in total. The Hall–Kier alpha value is -3.37. The summed E-state index contributed by atoms with van der Waals surface area (Å²) < 4.78 is 1.84. The average molecular weight is 479 g/mol. The molecular weight excluding hydrogens is 456 g/mol. The van der Waals surface area contributed by atoms with E-state index in [2.05, 4.69) is 32.1 Å². The van der Waals surface area contributed by atoms with Crippen molar-refractivity contribution in [2.24, 2.45) is 0 Å². The molecule has 0 unspecified atom stereocenters. The molecule has 0 aliphatic rings. The molecule has 1 amide bonds. The number of benzene rings is 2. The molecule has 4 aromatic rings. The Labute approximate surface area is 198 Å². The topological polar surface area (TPSA) is 106 Å². The molecule has 2 aromatic heterocycles. The van der Waals surface area contributed by atoms with Crippen molar-refractivity contribution < 1.29 is 4.79 Å². The van der Waals surface area contributed by atoms with Gasteiger partial charge in [0, 0.05) is 17.1 Å². The smallest absolute Gasteiger partial charge is 0.258 e. The molecular formula is C23H22N6O2S2. The third kappa shape index (κ3) is 5.52. The van der Waals surface area contributed by atoms with Gasteiger partial charge in [-0.25, -0.2) is 4.98 Å². The minimum Gasteiger partial charge on any atom is -0.326 e. The van der Waals surface area contributed by atoms with Gasteiger partial charge in [-0.3, -0.25) is 9.59 Å². The molecule has 0 saturated heterocycles. The fourth-order valence-electron chi connectivity index (χ4n) is 3.25. The molecule has 168 valence electrons. The summed E-state index contributed by atoms with van der Waals surface area (Å²) in [6.45, 7) is 4.26. The molecule has 0 aliphatic heterocycles. The third-order valence-corrected chi connectivity index (χ3v) is 6.48. The van der Waals surface area contributed by atoms with Crippen LogP contribution in [-0.4, -0.2) is 36.9 Å². The van der Waals surface area contributed by atoms with E-state index in [4.69, 9.17) is 0 Å². The minimum absolute atomic E-state index is 0.0793. The molecule has 0 spiro atoms. The molecule has 4 rings (SSSR count). The highest BCUT2D eigenvalue weighted by Gasteiger charge is 2.16. The molecule has 33 heavy (non-hydrogen) atoms. The van der Waals surface area contributed by atoms with Gasteiger partial charge in [0.2, 0.25) is 5.91 Å². The van der Waals surface area contributed by atoms with Crippen molar-refractivity contribution in [1.82, 2.24) is 24.7 Å². The van der Waals surface area contributed by atoms with Crippen molar-refractivity contribution in [2.75, 3.05) is 11.6 Å². The number of nitrogens with one attached hydrogen (secondary N) is 2. The highest BCUT2D eigenvalue weighted by atomic mass is 32.2. The Balaban J connectivity index is 1.47. The van der Waals surface area contributed by atoms with Crippen molar-refractivity contribution in [3.8, 4) is 0 Å². The number of rotatable bonds is 9. The molecule has 10 heteroatoms. The molecule has 0 aliphatic carbocycles. The van der Waals surface area contributed by atoms with E-state index in [9.17, 15) is 9.59 Å². The van der Waals surface area contributed by atoms with Crippen LogP contribution in [0.1, 0.15) is 11.6 Å². The highest BCUT2D eigenvalue weighted by Crippen LogP contribution is 2.22. The Kier molecular flexibility index (Phi) is 7.26. The molecule has 0 bridgehead atoms. The molecule has 8 nitrogen and oxygen atoms in total. The lowest BCUT2D eigenvalue weighted by Gasteiger charge is -2.09. The maximum Gasteiger partial charge on any atom is 0.258 e. The van der Waals surface area contributed by atoms with Crippen LogP contribution in [0.25, 0.3) is 10.9 Å². The number of aromatic amines is 1. The second-order valence-corrected chi connectivity index (χ2v) is 8.90. The second kappa shape index (κ2) is 10.5. The number of fused-ring (bicyclic) bond motifs is 1. The lowest BCUT2D eigenvalue weighted by atomic mass is 10.2. The van der Waals surface area contributed by atoms with Gasteiger partial charge in [0.25, 0.3) is 5.56 Å². The van der Waals surface area contributed by atoms with Crippen LogP contribution in [0.5, 0.6) is 0 Å². The molecule has 2 heterocycles. The lowest BCUT2D eigenvalue weighted by molar-refractivity contribution is -0.115. The van der Waals surface area contributed by atoms with Crippen LogP contribution >= 0.6 is 23.5 Å². The number of hydrogen-bond acceptors (Lipinski definition) is 7. The summed E-state index contributed by atoms with van der Waals surface area (Å²) in [5, 5.41) is 12.5. The first-order valence-corrected chi connectivity index (χ1v) is 12.4. The number of carbonyl (C=O) groups is 1. The summed E-state index contributed by atoms with van der Waals surface area (Å²) in [7, 11) is 0. The van der Waals surface area contributed by atoms with Gasteiger partial charge in [-0.1, -0.05) is 36.0 Å². The zero-order valence-electron chi connectivity index (χ0n) is 17.9. The largest absolute Gasteiger partial charge is 0.326 e. The van der Waals surface area contributed by atoms with Gasteiger partial charge >= 0.3 is 0 Å². The fraction of sp³-hybridized carbons (Fsp3) is 0.174. The molecule has 0 saturated carbocycles. The third-order valence-electron chi connectivity index (χ3n) is 4.78. The summed E-state index contributed by atoms with van der Waals surface area (Å²) >= 11 is 3.00. The lowest BCUT2D eigenvalue weighted by Crippen LogP contribution is -2.17. The number of allylic oxidation sites excluding steroid dienone is 1. The maximum absolute atomic E-state index is 12.6. The van der Waals surface area contributed by atoms with Crippen LogP contribution in [0.3, 0.4) is 0 Å². The van der Waals surface area contributed by atoms with Crippen LogP contribution in [0, 0.1) is 0 Å². The van der Waals surface area contributed by atoms with Crippen molar-refractivity contribution in [3.05, 3.63) is 83.2 Å². The van der Waals surface area contributed by atoms with Gasteiger partial charge in [0.15, 0.2) is 5.16 Å². The molecule has 0 radical (unpaired) electrons. The van der Waals surface area contributed by atoms with E-state index in [1.165, 1.54) is 11.8 Å². The van der Waals surface area contributed by atoms with Crippen molar-refractivity contribution in [3.63, 3.8) is 0 Å². The van der Waals surface area contributed by atoms with Gasteiger partial charge < -0.3 is 14.9 Å². The summed E-state index contributed by atoms with van der Waals surface area (Å²) in [5.74, 6) is 1.31. The van der Waals surface area contributed by atoms with Crippen LogP contribution in [0.15, 0.2) is 76.0 Å². The van der Waals surface area contributed by atoms with Crippen LogP contribution in [0.2, 0.25) is 0 Å². The van der Waals surface area contributed by atoms with E-state index < -0.39 is 0 Å². The first-order valence-electron chi connectivity index (χ1n) is 10.1. The molecule has 0 atom stereocenters. The zero-order chi connectivity index (χ0) is 23.2. The quantitative estimate of drug-likeness (QED) is 0.278. The van der Waals surface area contributed by atoms with Crippen LogP contribution < -0.4 is 10.9 Å². The summed E-state index contributed by atoms with van der Waals surface area (Å²) in [4.78, 5) is 33.3.